The van der Waals surface area contributed by atoms with E-state index in [1.165, 1.54) is 12.3 Å². The Kier molecular flexibility index (Phi) is 1.55. The first-order chi connectivity index (χ1) is 5.88. The average molecular weight is 158 g/mol. The van der Waals surface area contributed by atoms with E-state index in [1.807, 2.05) is 0 Å². The molecule has 2 aliphatic rings. The second-order valence-corrected chi connectivity index (χ2v) is 2.39. The number of nitrogens with zero attached hydrogens (tertiary/aromatic N) is 2. The van der Waals surface area contributed by atoms with E-state index in [2.05, 4.69) is 9.97 Å². The van der Waals surface area contributed by atoms with E-state index in [1.54, 1.807) is 24.5 Å². The van der Waals surface area contributed by atoms with Gasteiger partial charge in [-0.15, -0.1) is 0 Å². The summed E-state index contributed by atoms with van der Waals surface area (Å²) < 4.78 is 0. The smallest absolute Gasteiger partial charge is 0.189 e. The fourth-order valence-corrected chi connectivity index (χ4v) is 1.04. The summed E-state index contributed by atoms with van der Waals surface area (Å²) >= 11 is 0. The summed E-state index contributed by atoms with van der Waals surface area (Å²) in [4.78, 5) is 19.2. The zero-order valence-corrected chi connectivity index (χ0v) is 6.27. The van der Waals surface area contributed by atoms with Gasteiger partial charge in [-0.25, -0.2) is 0 Å². The number of hydrogen-bond acceptors (Lipinski definition) is 3. The summed E-state index contributed by atoms with van der Waals surface area (Å²) in [6.45, 7) is 0. The van der Waals surface area contributed by atoms with Gasteiger partial charge in [0, 0.05) is 18.6 Å². The average Bonchev–Trinajstić information content (AvgIpc) is 2.30. The molecule has 58 valence electrons. The Hall–Kier alpha value is -1.77. The lowest BCUT2D eigenvalue weighted by Gasteiger charge is -1.93. The van der Waals surface area contributed by atoms with E-state index in [0.29, 0.717) is 11.3 Å². The number of fused-ring (bicyclic) bond motifs is 1. The van der Waals surface area contributed by atoms with Crippen LogP contribution in [-0.2, 0) is 0 Å². The lowest BCUT2D eigenvalue weighted by atomic mass is 10.1. The van der Waals surface area contributed by atoms with Crippen LogP contribution < -0.4 is 5.43 Å². The largest absolute Gasteiger partial charge is 0.289 e. The van der Waals surface area contributed by atoms with Crippen LogP contribution in [0.2, 0.25) is 0 Å². The van der Waals surface area contributed by atoms with Crippen molar-refractivity contribution in [3.8, 4) is 11.3 Å². The van der Waals surface area contributed by atoms with Crippen LogP contribution in [-0.4, -0.2) is 9.97 Å². The van der Waals surface area contributed by atoms with Crippen molar-refractivity contribution in [1.29, 1.82) is 0 Å². The highest BCUT2D eigenvalue weighted by atomic mass is 16.1. The monoisotopic (exact) mass is 158 g/mol. The third-order valence-corrected chi connectivity index (χ3v) is 1.61. The van der Waals surface area contributed by atoms with Gasteiger partial charge in [0.1, 0.15) is 0 Å². The van der Waals surface area contributed by atoms with Gasteiger partial charge in [0.2, 0.25) is 0 Å². The predicted molar refractivity (Wildman–Crippen MR) is 44.9 cm³/mol. The van der Waals surface area contributed by atoms with Crippen molar-refractivity contribution in [2.45, 2.75) is 0 Å². The van der Waals surface area contributed by atoms with Crippen LogP contribution in [0.5, 0.6) is 0 Å². The first-order valence-corrected chi connectivity index (χ1v) is 3.57. The first kappa shape index (κ1) is 6.91. The van der Waals surface area contributed by atoms with Crippen LogP contribution in [0.15, 0.2) is 41.6 Å². The maximum Gasteiger partial charge on any atom is 0.189 e. The molecule has 0 amide bonds. The molecular weight excluding hydrogens is 152 g/mol. The molecule has 0 aromatic rings. The molecule has 3 heteroatoms. The SMILES string of the molecule is O=c1cccc2nccncc1-2. The standard InChI is InChI=1S/C9H6N2O/c12-9-3-1-2-8-7(9)6-10-4-5-11-8/h1-6H. The van der Waals surface area contributed by atoms with E-state index in [0.717, 1.165) is 0 Å². The minimum atomic E-state index is -0.0382. The lowest BCUT2D eigenvalue weighted by Crippen LogP contribution is -2.02. The van der Waals surface area contributed by atoms with Gasteiger partial charge in [0.05, 0.1) is 11.3 Å². The van der Waals surface area contributed by atoms with E-state index < -0.39 is 0 Å². The molecule has 0 bridgehead atoms. The van der Waals surface area contributed by atoms with Crippen molar-refractivity contribution in [3.05, 3.63) is 47.0 Å². The normalized spacial score (nSPS) is 10.0. The van der Waals surface area contributed by atoms with Crippen molar-refractivity contribution in [2.75, 3.05) is 0 Å². The minimum Gasteiger partial charge on any atom is -0.289 e. The Morgan fingerprint density at radius 3 is 3.00 bits per heavy atom. The summed E-state index contributed by atoms with van der Waals surface area (Å²) in [7, 11) is 0. The summed E-state index contributed by atoms with van der Waals surface area (Å²) in [5, 5.41) is 0. The Balaban J connectivity index is 2.88. The summed E-state index contributed by atoms with van der Waals surface area (Å²) in [6, 6.07) is 4.99. The van der Waals surface area contributed by atoms with E-state index in [9.17, 15) is 4.79 Å². The summed E-state index contributed by atoms with van der Waals surface area (Å²) in [5.74, 6) is 0. The molecule has 0 aromatic heterocycles. The molecule has 0 radical (unpaired) electrons. The van der Waals surface area contributed by atoms with Crippen molar-refractivity contribution < 1.29 is 0 Å². The number of hydrogen-bond donors (Lipinski definition) is 0. The summed E-state index contributed by atoms with van der Waals surface area (Å²) in [5.41, 5.74) is 1.20. The van der Waals surface area contributed by atoms with Gasteiger partial charge >= 0.3 is 0 Å². The predicted octanol–water partition coefficient (Wildman–Crippen LogP) is 0.942. The quantitative estimate of drug-likeness (QED) is 0.573. The third kappa shape index (κ3) is 1.05. The second kappa shape index (κ2) is 2.70. The second-order valence-electron chi connectivity index (χ2n) is 2.39. The van der Waals surface area contributed by atoms with Crippen LogP contribution in [0.3, 0.4) is 0 Å². The molecule has 0 spiro atoms. The molecule has 0 N–H and O–H groups in total. The van der Waals surface area contributed by atoms with Gasteiger partial charge in [0.15, 0.2) is 5.43 Å². The highest BCUT2D eigenvalue weighted by Crippen LogP contribution is 2.09. The molecule has 0 unspecified atom stereocenters. The lowest BCUT2D eigenvalue weighted by molar-refractivity contribution is 1.33. The molecule has 2 rings (SSSR count). The zero-order chi connectivity index (χ0) is 8.39. The molecular formula is C9H6N2O. The Morgan fingerprint density at radius 1 is 1.17 bits per heavy atom. The van der Waals surface area contributed by atoms with Gasteiger partial charge < -0.3 is 0 Å². The molecule has 3 nitrogen and oxygen atoms in total. The van der Waals surface area contributed by atoms with Gasteiger partial charge in [-0.2, -0.15) is 0 Å². The molecule has 0 aromatic carbocycles. The van der Waals surface area contributed by atoms with Crippen molar-refractivity contribution in [1.82, 2.24) is 9.97 Å². The van der Waals surface area contributed by atoms with E-state index in [4.69, 9.17) is 0 Å². The minimum absolute atomic E-state index is 0.0382. The summed E-state index contributed by atoms with van der Waals surface area (Å²) in [6.07, 6.45) is 4.66. The molecule has 0 saturated carbocycles. The number of rotatable bonds is 0. The Bertz CT molecular complexity index is 428. The fraction of sp³-hybridized carbons (Fsp3) is 0. The molecule has 1 heterocycles. The van der Waals surface area contributed by atoms with E-state index in [-0.39, 0.29) is 5.43 Å². The Labute approximate surface area is 69.1 Å². The van der Waals surface area contributed by atoms with Crippen LogP contribution >= 0.6 is 0 Å². The van der Waals surface area contributed by atoms with Gasteiger partial charge in [-0.1, -0.05) is 6.07 Å². The topological polar surface area (TPSA) is 42.9 Å². The maximum absolute atomic E-state index is 11.2. The fourth-order valence-electron chi connectivity index (χ4n) is 1.04. The van der Waals surface area contributed by atoms with Gasteiger partial charge in [0.25, 0.3) is 0 Å². The van der Waals surface area contributed by atoms with E-state index >= 15 is 0 Å². The molecule has 1 aliphatic heterocycles. The number of benzene rings is 1. The molecule has 0 saturated heterocycles. The van der Waals surface area contributed by atoms with Crippen molar-refractivity contribution >= 4 is 0 Å². The van der Waals surface area contributed by atoms with Crippen molar-refractivity contribution in [3.63, 3.8) is 0 Å². The Morgan fingerprint density at radius 2 is 2.08 bits per heavy atom. The van der Waals surface area contributed by atoms with Crippen molar-refractivity contribution in [2.24, 2.45) is 0 Å². The van der Waals surface area contributed by atoms with Crippen LogP contribution in [0, 0.1) is 0 Å². The van der Waals surface area contributed by atoms with Crippen LogP contribution in [0.1, 0.15) is 0 Å². The number of aromatic nitrogens is 2. The first-order valence-electron chi connectivity index (χ1n) is 3.57. The molecule has 0 atom stereocenters. The van der Waals surface area contributed by atoms with Crippen LogP contribution in [0.4, 0.5) is 0 Å². The van der Waals surface area contributed by atoms with Crippen LogP contribution in [0.25, 0.3) is 11.3 Å². The van der Waals surface area contributed by atoms with Gasteiger partial charge in [-0.05, 0) is 12.1 Å². The zero-order valence-electron chi connectivity index (χ0n) is 6.27. The van der Waals surface area contributed by atoms with Gasteiger partial charge in [-0.3, -0.25) is 14.8 Å². The molecule has 1 aliphatic carbocycles. The molecule has 0 fully saturated rings. The third-order valence-electron chi connectivity index (χ3n) is 1.61. The highest BCUT2D eigenvalue weighted by molar-refractivity contribution is 5.57. The maximum atomic E-state index is 11.2. The molecule has 12 heavy (non-hydrogen) atoms. The highest BCUT2D eigenvalue weighted by Gasteiger charge is 2.02.